The predicted molar refractivity (Wildman–Crippen MR) is 119 cm³/mol. The first-order valence-electron chi connectivity index (χ1n) is 9.61. The lowest BCUT2D eigenvalue weighted by atomic mass is 10.1. The lowest BCUT2D eigenvalue weighted by molar-refractivity contribution is -0.115. The third kappa shape index (κ3) is 5.85. The lowest BCUT2D eigenvalue weighted by Gasteiger charge is -2.12. The molecule has 0 saturated heterocycles. The van der Waals surface area contributed by atoms with E-state index in [1.165, 1.54) is 18.7 Å². The Morgan fingerprint density at radius 1 is 1.13 bits per heavy atom. The maximum Gasteiger partial charge on any atom is 0.237 e. The highest BCUT2D eigenvalue weighted by Crippen LogP contribution is 2.24. The van der Waals surface area contributed by atoms with E-state index in [4.69, 9.17) is 9.47 Å². The number of benzene rings is 2. The molecule has 0 aliphatic carbocycles. The van der Waals surface area contributed by atoms with E-state index in [-0.39, 0.29) is 18.3 Å². The van der Waals surface area contributed by atoms with Crippen LogP contribution in [0.15, 0.2) is 53.7 Å². The van der Waals surface area contributed by atoms with E-state index in [0.29, 0.717) is 33.7 Å². The van der Waals surface area contributed by atoms with Crippen molar-refractivity contribution < 1.29 is 19.1 Å². The van der Waals surface area contributed by atoms with Crippen molar-refractivity contribution in [1.82, 2.24) is 14.8 Å². The van der Waals surface area contributed by atoms with Crippen LogP contribution in [-0.2, 0) is 18.4 Å². The number of thioether (sulfide) groups is 1. The van der Waals surface area contributed by atoms with Crippen LogP contribution >= 0.6 is 11.8 Å². The summed E-state index contributed by atoms with van der Waals surface area (Å²) in [6.07, 6.45) is 0. The highest BCUT2D eigenvalue weighted by molar-refractivity contribution is 8.00. The third-order valence-corrected chi connectivity index (χ3v) is 5.68. The molecule has 0 saturated carbocycles. The number of hydrogen-bond acceptors (Lipinski definition) is 7. The van der Waals surface area contributed by atoms with Gasteiger partial charge in [0.2, 0.25) is 5.91 Å². The van der Waals surface area contributed by atoms with Crippen LogP contribution in [0.2, 0.25) is 0 Å². The molecule has 0 radical (unpaired) electrons. The molecule has 162 valence electrons. The van der Waals surface area contributed by atoms with Crippen LogP contribution in [-0.4, -0.2) is 38.8 Å². The van der Waals surface area contributed by atoms with Crippen LogP contribution in [0.1, 0.15) is 30.0 Å². The molecule has 3 rings (SSSR count). The van der Waals surface area contributed by atoms with E-state index in [1.807, 2.05) is 25.2 Å². The molecule has 2 aromatic carbocycles. The second kappa shape index (κ2) is 10.1. The van der Waals surface area contributed by atoms with E-state index < -0.39 is 5.25 Å². The molecule has 0 spiro atoms. The maximum absolute atomic E-state index is 12.5. The first kappa shape index (κ1) is 22.4. The van der Waals surface area contributed by atoms with Gasteiger partial charge in [0, 0.05) is 24.4 Å². The number of Topliss-reactive ketones (excluding diaryl/α,β-unsaturated/α-hetero) is 1. The molecular weight excluding hydrogens is 416 g/mol. The van der Waals surface area contributed by atoms with Crippen LogP contribution in [0.3, 0.4) is 0 Å². The van der Waals surface area contributed by atoms with Crippen molar-refractivity contribution in [2.24, 2.45) is 7.05 Å². The fraction of sp³-hybridized carbons (Fsp3) is 0.273. The predicted octanol–water partition coefficient (Wildman–Crippen LogP) is 3.72. The van der Waals surface area contributed by atoms with Crippen LogP contribution in [0.5, 0.6) is 11.5 Å². The molecular formula is C22H24N4O4S. The highest BCUT2D eigenvalue weighted by atomic mass is 32.2. The van der Waals surface area contributed by atoms with Crippen molar-refractivity contribution in [2.75, 3.05) is 12.4 Å². The van der Waals surface area contributed by atoms with Gasteiger partial charge in [0.1, 0.15) is 18.1 Å². The Balaban J connectivity index is 1.57. The van der Waals surface area contributed by atoms with Crippen molar-refractivity contribution in [2.45, 2.75) is 30.9 Å². The quantitative estimate of drug-likeness (QED) is 0.400. The summed E-state index contributed by atoms with van der Waals surface area (Å²) < 4.78 is 12.8. The Hall–Kier alpha value is -3.33. The molecule has 1 N–H and O–H groups in total. The van der Waals surface area contributed by atoms with Gasteiger partial charge < -0.3 is 19.4 Å². The number of aromatic nitrogens is 3. The van der Waals surface area contributed by atoms with Gasteiger partial charge in [-0.25, -0.2) is 0 Å². The Kier molecular flexibility index (Phi) is 7.30. The molecule has 1 atom stereocenters. The summed E-state index contributed by atoms with van der Waals surface area (Å²) in [5.74, 6) is 1.83. The van der Waals surface area contributed by atoms with E-state index in [2.05, 4.69) is 15.5 Å². The monoisotopic (exact) mass is 440 g/mol. The Morgan fingerprint density at radius 2 is 1.84 bits per heavy atom. The number of amides is 1. The summed E-state index contributed by atoms with van der Waals surface area (Å²) in [6.45, 7) is 3.54. The lowest BCUT2D eigenvalue weighted by Crippen LogP contribution is -2.22. The van der Waals surface area contributed by atoms with Crippen molar-refractivity contribution in [3.8, 4) is 11.5 Å². The summed E-state index contributed by atoms with van der Waals surface area (Å²) >= 11 is 1.30. The third-order valence-electron chi connectivity index (χ3n) is 4.54. The van der Waals surface area contributed by atoms with Gasteiger partial charge in [-0.3, -0.25) is 9.59 Å². The van der Waals surface area contributed by atoms with Crippen LogP contribution in [0, 0.1) is 0 Å². The van der Waals surface area contributed by atoms with Crippen LogP contribution in [0.25, 0.3) is 0 Å². The van der Waals surface area contributed by atoms with Gasteiger partial charge in [-0.15, -0.1) is 10.2 Å². The van der Waals surface area contributed by atoms with Gasteiger partial charge in [-0.2, -0.15) is 0 Å². The second-order valence-electron chi connectivity index (χ2n) is 6.81. The molecule has 1 heterocycles. The van der Waals surface area contributed by atoms with Gasteiger partial charge in [-0.1, -0.05) is 17.8 Å². The zero-order valence-electron chi connectivity index (χ0n) is 17.8. The average Bonchev–Trinajstić information content (AvgIpc) is 3.11. The summed E-state index contributed by atoms with van der Waals surface area (Å²) in [5.41, 5.74) is 1.23. The van der Waals surface area contributed by atoms with Gasteiger partial charge >= 0.3 is 0 Å². The van der Waals surface area contributed by atoms with E-state index in [1.54, 1.807) is 48.9 Å². The molecule has 0 bridgehead atoms. The van der Waals surface area contributed by atoms with Gasteiger partial charge in [0.15, 0.2) is 16.8 Å². The van der Waals surface area contributed by atoms with Gasteiger partial charge in [-0.05, 0) is 50.2 Å². The number of carbonyl (C=O) groups excluding carboxylic acids is 2. The van der Waals surface area contributed by atoms with Crippen molar-refractivity contribution in [3.05, 3.63) is 59.9 Å². The van der Waals surface area contributed by atoms with Gasteiger partial charge in [0.25, 0.3) is 0 Å². The average molecular weight is 441 g/mol. The summed E-state index contributed by atoms with van der Waals surface area (Å²) in [5, 5.41) is 11.4. The number of nitrogens with one attached hydrogen (secondary N) is 1. The Morgan fingerprint density at radius 3 is 2.52 bits per heavy atom. The summed E-state index contributed by atoms with van der Waals surface area (Å²) in [7, 11) is 3.43. The number of ketones is 1. The van der Waals surface area contributed by atoms with Gasteiger partial charge in [0.05, 0.1) is 12.4 Å². The first-order valence-corrected chi connectivity index (χ1v) is 10.5. The van der Waals surface area contributed by atoms with E-state index in [0.717, 1.165) is 0 Å². The minimum Gasteiger partial charge on any atom is -0.497 e. The molecule has 31 heavy (non-hydrogen) atoms. The highest BCUT2D eigenvalue weighted by Gasteiger charge is 2.19. The molecule has 9 heteroatoms. The maximum atomic E-state index is 12.5. The standard InChI is InChI=1S/C22H24N4O4S/c1-14(27)16-8-10-17(11-9-16)23-21(28)15(2)31-22-25-24-20(26(22)3)13-30-19-7-5-6-18(12-19)29-4/h5-12,15H,13H2,1-4H3,(H,23,28). The number of hydrogen-bond donors (Lipinski definition) is 1. The fourth-order valence-corrected chi connectivity index (χ4v) is 3.49. The molecule has 1 amide bonds. The first-order chi connectivity index (χ1) is 14.9. The molecule has 1 aromatic heterocycles. The Bertz CT molecular complexity index is 1070. The minimum absolute atomic E-state index is 0.0183. The number of nitrogens with zero attached hydrogens (tertiary/aromatic N) is 3. The number of methoxy groups -OCH3 is 1. The number of carbonyl (C=O) groups is 2. The van der Waals surface area contributed by atoms with Crippen LogP contribution in [0.4, 0.5) is 5.69 Å². The van der Waals surface area contributed by atoms with E-state index in [9.17, 15) is 9.59 Å². The summed E-state index contributed by atoms with van der Waals surface area (Å²) in [4.78, 5) is 23.9. The smallest absolute Gasteiger partial charge is 0.237 e. The number of rotatable bonds is 9. The topological polar surface area (TPSA) is 95.3 Å². The molecule has 1 unspecified atom stereocenters. The molecule has 8 nitrogen and oxygen atoms in total. The largest absolute Gasteiger partial charge is 0.497 e. The molecule has 3 aromatic rings. The summed E-state index contributed by atoms with van der Waals surface area (Å²) in [6, 6.07) is 14.1. The molecule has 0 fully saturated rings. The second-order valence-corrected chi connectivity index (χ2v) is 8.12. The number of anilines is 1. The minimum atomic E-state index is -0.400. The van der Waals surface area contributed by atoms with Crippen molar-refractivity contribution >= 4 is 29.1 Å². The Labute approximate surface area is 185 Å². The zero-order chi connectivity index (χ0) is 22.4. The van der Waals surface area contributed by atoms with Crippen molar-refractivity contribution in [1.29, 1.82) is 0 Å². The molecule has 0 aliphatic rings. The number of ether oxygens (including phenoxy) is 2. The fourth-order valence-electron chi connectivity index (χ4n) is 2.66. The normalized spacial score (nSPS) is 11.6. The molecule has 0 aliphatic heterocycles. The SMILES string of the molecule is COc1cccc(OCc2nnc(SC(C)C(=O)Nc3ccc(C(C)=O)cc3)n2C)c1. The van der Waals surface area contributed by atoms with Crippen LogP contribution < -0.4 is 14.8 Å². The van der Waals surface area contributed by atoms with E-state index >= 15 is 0 Å². The van der Waals surface area contributed by atoms with Crippen molar-refractivity contribution in [3.63, 3.8) is 0 Å². The zero-order valence-corrected chi connectivity index (χ0v) is 18.6.